The topological polar surface area (TPSA) is 71.1 Å². The smallest absolute Gasteiger partial charge is 0.230 e. The van der Waals surface area contributed by atoms with Gasteiger partial charge >= 0.3 is 0 Å². The van der Waals surface area contributed by atoms with Crippen LogP contribution < -0.4 is 10.6 Å². The van der Waals surface area contributed by atoms with Crippen LogP contribution in [0.15, 0.2) is 23.6 Å². The average Bonchev–Trinajstić information content (AvgIpc) is 3.23. The van der Waals surface area contributed by atoms with Crippen molar-refractivity contribution in [2.75, 3.05) is 10.6 Å². The van der Waals surface area contributed by atoms with E-state index in [1.165, 1.54) is 11.3 Å². The fraction of sp³-hybridized carbons (Fsp3) is 0.389. The van der Waals surface area contributed by atoms with Gasteiger partial charge in [-0.1, -0.05) is 30.5 Å². The molecule has 0 saturated heterocycles. The van der Waals surface area contributed by atoms with Gasteiger partial charge in [0.2, 0.25) is 11.8 Å². The van der Waals surface area contributed by atoms with Gasteiger partial charge in [-0.15, -0.1) is 11.3 Å². The summed E-state index contributed by atoms with van der Waals surface area (Å²) in [6, 6.07) is 5.37. The average molecular weight is 378 g/mol. The Morgan fingerprint density at radius 1 is 1.28 bits per heavy atom. The second-order valence-corrected chi connectivity index (χ2v) is 7.59. The quantitative estimate of drug-likeness (QED) is 0.810. The molecule has 1 heterocycles. The van der Waals surface area contributed by atoms with Gasteiger partial charge in [0, 0.05) is 22.0 Å². The van der Waals surface area contributed by atoms with Crippen molar-refractivity contribution in [3.05, 3.63) is 39.9 Å². The molecule has 3 rings (SSSR count). The zero-order chi connectivity index (χ0) is 17.8. The molecule has 1 aromatic heterocycles. The van der Waals surface area contributed by atoms with E-state index in [2.05, 4.69) is 15.6 Å². The molecule has 0 spiro atoms. The van der Waals surface area contributed by atoms with Gasteiger partial charge in [0.05, 0.1) is 12.1 Å². The molecule has 1 fully saturated rings. The molecule has 5 nitrogen and oxygen atoms in total. The van der Waals surface area contributed by atoms with E-state index in [0.717, 1.165) is 31.2 Å². The molecule has 1 saturated carbocycles. The second-order valence-electron chi connectivity index (χ2n) is 6.30. The summed E-state index contributed by atoms with van der Waals surface area (Å²) < 4.78 is 0. The highest BCUT2D eigenvalue weighted by Crippen LogP contribution is 2.27. The van der Waals surface area contributed by atoms with Crippen molar-refractivity contribution in [1.82, 2.24) is 4.98 Å². The van der Waals surface area contributed by atoms with Gasteiger partial charge < -0.3 is 10.6 Å². The van der Waals surface area contributed by atoms with E-state index in [-0.39, 0.29) is 24.2 Å². The molecule has 7 heteroatoms. The van der Waals surface area contributed by atoms with E-state index < -0.39 is 0 Å². The van der Waals surface area contributed by atoms with E-state index in [1.54, 1.807) is 17.5 Å². The van der Waals surface area contributed by atoms with Crippen LogP contribution in [-0.2, 0) is 16.0 Å². The number of amides is 2. The minimum absolute atomic E-state index is 0.0393. The molecule has 0 atom stereocenters. The van der Waals surface area contributed by atoms with Gasteiger partial charge in [-0.25, -0.2) is 4.98 Å². The van der Waals surface area contributed by atoms with Crippen molar-refractivity contribution in [2.24, 2.45) is 5.92 Å². The number of aryl methyl sites for hydroxylation is 1. The Hall–Kier alpha value is -1.92. The number of rotatable bonds is 5. The van der Waals surface area contributed by atoms with Crippen molar-refractivity contribution in [3.63, 3.8) is 0 Å². The third kappa shape index (κ3) is 4.80. The van der Waals surface area contributed by atoms with Crippen LogP contribution in [0.4, 0.5) is 10.8 Å². The molecule has 1 aliphatic rings. The fourth-order valence-electron chi connectivity index (χ4n) is 2.93. The summed E-state index contributed by atoms with van der Waals surface area (Å²) in [5, 5.41) is 8.64. The largest absolute Gasteiger partial charge is 0.325 e. The van der Waals surface area contributed by atoms with Crippen LogP contribution in [0.25, 0.3) is 0 Å². The summed E-state index contributed by atoms with van der Waals surface area (Å²) in [5.41, 5.74) is 2.28. The van der Waals surface area contributed by atoms with Crippen molar-refractivity contribution in [3.8, 4) is 0 Å². The third-order valence-electron chi connectivity index (χ3n) is 4.32. The molecule has 0 unspecified atom stereocenters. The molecule has 2 aromatic rings. The van der Waals surface area contributed by atoms with Crippen LogP contribution >= 0.6 is 22.9 Å². The number of thiazole rings is 1. The highest BCUT2D eigenvalue weighted by molar-refractivity contribution is 7.13. The molecule has 2 amide bonds. The molecular weight excluding hydrogens is 358 g/mol. The number of aromatic nitrogens is 1. The number of hydrogen-bond acceptors (Lipinski definition) is 4. The second kappa shape index (κ2) is 7.97. The van der Waals surface area contributed by atoms with Crippen LogP contribution in [-0.4, -0.2) is 16.8 Å². The summed E-state index contributed by atoms with van der Waals surface area (Å²) in [7, 11) is 0. The Morgan fingerprint density at radius 2 is 2.04 bits per heavy atom. The standard InChI is InChI=1S/C18H20ClN3O2S/c1-11-6-7-13(19)8-15(11)21-16(23)9-14-10-25-18(20-14)22-17(24)12-4-2-3-5-12/h6-8,10,12H,2-5,9H2,1H3,(H,21,23)(H,20,22,24). The number of benzene rings is 1. The maximum atomic E-state index is 12.2. The highest BCUT2D eigenvalue weighted by Gasteiger charge is 2.23. The number of nitrogens with zero attached hydrogens (tertiary/aromatic N) is 1. The number of carbonyl (C=O) groups excluding carboxylic acids is 2. The maximum Gasteiger partial charge on any atom is 0.230 e. The first-order chi connectivity index (χ1) is 12.0. The van der Waals surface area contributed by atoms with E-state index in [4.69, 9.17) is 11.6 Å². The fourth-order valence-corrected chi connectivity index (χ4v) is 3.81. The Morgan fingerprint density at radius 3 is 2.80 bits per heavy atom. The first kappa shape index (κ1) is 17.9. The molecule has 0 bridgehead atoms. The number of halogens is 1. The Bertz CT molecular complexity index is 784. The molecule has 25 heavy (non-hydrogen) atoms. The van der Waals surface area contributed by atoms with Gasteiger partial charge in [0.15, 0.2) is 5.13 Å². The number of nitrogens with one attached hydrogen (secondary N) is 2. The zero-order valence-corrected chi connectivity index (χ0v) is 15.5. The van der Waals surface area contributed by atoms with E-state index >= 15 is 0 Å². The van der Waals surface area contributed by atoms with Crippen LogP contribution in [0, 0.1) is 12.8 Å². The number of carbonyl (C=O) groups is 2. The van der Waals surface area contributed by atoms with Gasteiger partial charge in [-0.3, -0.25) is 9.59 Å². The van der Waals surface area contributed by atoms with Gasteiger partial charge in [-0.05, 0) is 37.5 Å². The first-order valence-electron chi connectivity index (χ1n) is 8.32. The summed E-state index contributed by atoms with van der Waals surface area (Å²) in [6.07, 6.45) is 4.28. The van der Waals surface area contributed by atoms with Crippen molar-refractivity contribution >= 4 is 45.6 Å². The minimum Gasteiger partial charge on any atom is -0.325 e. The summed E-state index contributed by atoms with van der Waals surface area (Å²) in [5.74, 6) is -0.0248. The normalized spacial score (nSPS) is 14.5. The maximum absolute atomic E-state index is 12.2. The number of anilines is 2. The zero-order valence-electron chi connectivity index (χ0n) is 14.0. The van der Waals surface area contributed by atoms with Crippen LogP contribution in [0.3, 0.4) is 0 Å². The van der Waals surface area contributed by atoms with Crippen LogP contribution in [0.1, 0.15) is 36.9 Å². The van der Waals surface area contributed by atoms with E-state index in [1.807, 2.05) is 13.0 Å². The molecule has 2 N–H and O–H groups in total. The summed E-state index contributed by atoms with van der Waals surface area (Å²) in [6.45, 7) is 1.91. The minimum atomic E-state index is -0.163. The monoisotopic (exact) mass is 377 g/mol. The third-order valence-corrected chi connectivity index (χ3v) is 5.36. The molecular formula is C18H20ClN3O2S. The van der Waals surface area contributed by atoms with Crippen LogP contribution in [0.5, 0.6) is 0 Å². The molecule has 1 aliphatic carbocycles. The molecule has 0 radical (unpaired) electrons. The Labute approximate surface area is 155 Å². The predicted octanol–water partition coefficient (Wildman–Crippen LogP) is 4.41. The summed E-state index contributed by atoms with van der Waals surface area (Å²) in [4.78, 5) is 28.7. The number of hydrogen-bond donors (Lipinski definition) is 2. The van der Waals surface area contributed by atoms with Gasteiger partial charge in [-0.2, -0.15) is 0 Å². The van der Waals surface area contributed by atoms with E-state index in [0.29, 0.717) is 21.5 Å². The lowest BCUT2D eigenvalue weighted by atomic mass is 10.1. The van der Waals surface area contributed by atoms with Crippen molar-refractivity contribution < 1.29 is 9.59 Å². The molecule has 132 valence electrons. The lowest BCUT2D eigenvalue weighted by Gasteiger charge is -2.08. The van der Waals surface area contributed by atoms with Gasteiger partial charge in [0.1, 0.15) is 0 Å². The van der Waals surface area contributed by atoms with E-state index in [9.17, 15) is 9.59 Å². The lowest BCUT2D eigenvalue weighted by Crippen LogP contribution is -2.20. The highest BCUT2D eigenvalue weighted by atomic mass is 35.5. The SMILES string of the molecule is Cc1ccc(Cl)cc1NC(=O)Cc1csc(NC(=O)C2CCCC2)n1. The van der Waals surface area contributed by atoms with Gasteiger partial charge in [0.25, 0.3) is 0 Å². The first-order valence-corrected chi connectivity index (χ1v) is 9.58. The van der Waals surface area contributed by atoms with Crippen molar-refractivity contribution in [1.29, 1.82) is 0 Å². The Balaban J connectivity index is 1.56. The Kier molecular flexibility index (Phi) is 5.71. The van der Waals surface area contributed by atoms with Crippen LogP contribution in [0.2, 0.25) is 5.02 Å². The molecule has 1 aromatic carbocycles. The predicted molar refractivity (Wildman–Crippen MR) is 101 cm³/mol. The molecule has 0 aliphatic heterocycles. The summed E-state index contributed by atoms with van der Waals surface area (Å²) >= 11 is 7.31. The van der Waals surface area contributed by atoms with Crippen molar-refractivity contribution in [2.45, 2.75) is 39.0 Å². The lowest BCUT2D eigenvalue weighted by molar-refractivity contribution is -0.119.